The van der Waals surface area contributed by atoms with Crippen LogP contribution in [0.5, 0.6) is 11.7 Å². The highest BCUT2D eigenvalue weighted by molar-refractivity contribution is 5.85. The van der Waals surface area contributed by atoms with Gasteiger partial charge in [0.25, 0.3) is 0 Å². The number of rotatable bonds is 2. The Bertz CT molecular complexity index is 617. The molecule has 1 aromatic carbocycles. The third kappa shape index (κ3) is 1.67. The fourth-order valence-electron chi connectivity index (χ4n) is 2.50. The van der Waals surface area contributed by atoms with E-state index >= 15 is 0 Å². The largest absolute Gasteiger partial charge is 0.426 e. The predicted molar refractivity (Wildman–Crippen MR) is 76.4 cm³/mol. The van der Waals surface area contributed by atoms with Crippen molar-refractivity contribution in [1.29, 1.82) is 0 Å². The van der Waals surface area contributed by atoms with Gasteiger partial charge in [0.2, 0.25) is 0 Å². The number of hydrogen-bond acceptors (Lipinski definition) is 4. The molecule has 0 aliphatic carbocycles. The van der Waals surface area contributed by atoms with Crippen LogP contribution < -0.4 is 15.4 Å². The quantitative estimate of drug-likeness (QED) is 0.874. The summed E-state index contributed by atoms with van der Waals surface area (Å²) in [5.74, 6) is 2.33. The summed E-state index contributed by atoms with van der Waals surface area (Å²) >= 11 is 0. The molecule has 100 valence electrons. The van der Waals surface area contributed by atoms with Crippen LogP contribution in [0.1, 0.15) is 32.4 Å². The van der Waals surface area contributed by atoms with Gasteiger partial charge in [0.05, 0.1) is 5.69 Å². The summed E-state index contributed by atoms with van der Waals surface area (Å²) in [5.41, 5.74) is 8.79. The van der Waals surface area contributed by atoms with E-state index < -0.39 is 0 Å². The van der Waals surface area contributed by atoms with Crippen LogP contribution in [0, 0.1) is 0 Å². The van der Waals surface area contributed by atoms with Crippen LogP contribution in [0.15, 0.2) is 28.7 Å². The first-order valence-electron chi connectivity index (χ1n) is 6.60. The van der Waals surface area contributed by atoms with Gasteiger partial charge in [-0.15, -0.1) is 0 Å². The molecule has 0 saturated carbocycles. The minimum Gasteiger partial charge on any atom is -0.426 e. The van der Waals surface area contributed by atoms with Crippen LogP contribution in [0.2, 0.25) is 0 Å². The lowest BCUT2D eigenvalue weighted by molar-refractivity contribution is 0.324. The van der Waals surface area contributed by atoms with Gasteiger partial charge >= 0.3 is 5.95 Å². The molecular weight excluding hydrogens is 240 g/mol. The number of hydrogen-bond donors (Lipinski definition) is 1. The van der Waals surface area contributed by atoms with Crippen molar-refractivity contribution in [2.24, 2.45) is 0 Å². The molecule has 2 N–H and O–H groups in total. The van der Waals surface area contributed by atoms with Crippen molar-refractivity contribution in [3.8, 4) is 11.7 Å². The number of fused-ring (bicyclic) bond motifs is 2. The van der Waals surface area contributed by atoms with Gasteiger partial charge in [0, 0.05) is 12.5 Å². The van der Waals surface area contributed by atoms with E-state index in [1.807, 2.05) is 24.3 Å². The van der Waals surface area contributed by atoms with Gasteiger partial charge in [-0.25, -0.2) is 0 Å². The van der Waals surface area contributed by atoms with Crippen molar-refractivity contribution in [3.05, 3.63) is 30.0 Å². The summed E-state index contributed by atoms with van der Waals surface area (Å²) < 4.78 is 11.6. The summed E-state index contributed by atoms with van der Waals surface area (Å²) in [6, 6.07) is 7.92. The van der Waals surface area contributed by atoms with E-state index in [9.17, 15) is 0 Å². The van der Waals surface area contributed by atoms with Crippen molar-refractivity contribution < 1.29 is 9.15 Å². The zero-order valence-corrected chi connectivity index (χ0v) is 11.4. The first-order chi connectivity index (χ1) is 9.13. The summed E-state index contributed by atoms with van der Waals surface area (Å²) in [7, 11) is 0. The van der Waals surface area contributed by atoms with Crippen LogP contribution in [-0.4, -0.2) is 6.54 Å². The van der Waals surface area contributed by atoms with Gasteiger partial charge in [-0.2, -0.15) is 0 Å². The van der Waals surface area contributed by atoms with Crippen molar-refractivity contribution >= 4 is 17.1 Å². The number of benzene rings is 1. The molecular formula is C15H18N2O2. The molecule has 0 bridgehead atoms. The van der Waals surface area contributed by atoms with Crippen molar-refractivity contribution in [1.82, 2.24) is 0 Å². The minimum absolute atomic E-state index is 0.232. The van der Waals surface area contributed by atoms with E-state index in [1.54, 1.807) is 0 Å². The highest BCUT2D eigenvalue weighted by atomic mass is 16.6. The average molecular weight is 258 g/mol. The fourth-order valence-corrected chi connectivity index (χ4v) is 2.50. The van der Waals surface area contributed by atoms with Gasteiger partial charge in [0.1, 0.15) is 11.4 Å². The van der Waals surface area contributed by atoms with Crippen LogP contribution in [0.25, 0.3) is 0 Å². The Labute approximate surface area is 112 Å². The number of para-hydroxylation sites is 2. The van der Waals surface area contributed by atoms with Gasteiger partial charge < -0.3 is 19.8 Å². The van der Waals surface area contributed by atoms with Crippen LogP contribution >= 0.6 is 0 Å². The molecule has 0 saturated heterocycles. The van der Waals surface area contributed by atoms with Gasteiger partial charge in [-0.05, 0) is 19.1 Å². The topological polar surface area (TPSA) is 51.6 Å². The predicted octanol–water partition coefficient (Wildman–Crippen LogP) is 4.25. The first-order valence-corrected chi connectivity index (χ1v) is 6.60. The number of nitrogen functional groups attached to an aromatic ring is 1. The maximum atomic E-state index is 6.23. The second-order valence-corrected chi connectivity index (χ2v) is 4.98. The van der Waals surface area contributed by atoms with E-state index in [2.05, 4.69) is 25.7 Å². The molecule has 1 aromatic heterocycles. The lowest BCUT2D eigenvalue weighted by Crippen LogP contribution is -2.20. The van der Waals surface area contributed by atoms with Gasteiger partial charge in [-0.1, -0.05) is 26.0 Å². The van der Waals surface area contributed by atoms with E-state index in [4.69, 9.17) is 14.9 Å². The molecule has 1 aliphatic rings. The second-order valence-electron chi connectivity index (χ2n) is 4.98. The SMILES string of the molecule is CCN1c2ccccc2Oc2oc(C(C)C)c(N)c21. The molecule has 0 fully saturated rings. The third-order valence-corrected chi connectivity index (χ3v) is 3.39. The normalized spacial score (nSPS) is 13.2. The third-order valence-electron chi connectivity index (χ3n) is 3.39. The Kier molecular flexibility index (Phi) is 2.66. The number of nitrogens with zero attached hydrogens (tertiary/aromatic N) is 1. The van der Waals surface area contributed by atoms with E-state index in [1.165, 1.54) is 0 Å². The second kappa shape index (κ2) is 4.23. The summed E-state index contributed by atoms with van der Waals surface area (Å²) in [6.45, 7) is 7.02. The Morgan fingerprint density at radius 2 is 2.00 bits per heavy atom. The lowest BCUT2D eigenvalue weighted by atomic mass is 10.1. The minimum atomic E-state index is 0.232. The molecule has 2 aromatic rings. The number of ether oxygens (including phenoxy) is 1. The Balaban J connectivity index is 2.19. The summed E-state index contributed by atoms with van der Waals surface area (Å²) in [4.78, 5) is 2.14. The highest BCUT2D eigenvalue weighted by Gasteiger charge is 2.31. The molecule has 1 aliphatic heterocycles. The zero-order chi connectivity index (χ0) is 13.6. The van der Waals surface area contributed by atoms with E-state index in [0.717, 1.165) is 29.4 Å². The number of furan rings is 1. The van der Waals surface area contributed by atoms with Gasteiger partial charge in [0.15, 0.2) is 11.4 Å². The molecule has 3 rings (SSSR count). The van der Waals surface area contributed by atoms with Crippen LogP contribution in [-0.2, 0) is 0 Å². The highest BCUT2D eigenvalue weighted by Crippen LogP contribution is 2.52. The molecule has 0 radical (unpaired) electrons. The number of anilines is 3. The first kappa shape index (κ1) is 12.0. The summed E-state index contributed by atoms with van der Waals surface area (Å²) in [6.07, 6.45) is 0. The molecule has 2 heterocycles. The average Bonchev–Trinajstić information content (AvgIpc) is 2.73. The Morgan fingerprint density at radius 3 is 2.68 bits per heavy atom. The van der Waals surface area contributed by atoms with Crippen molar-refractivity contribution in [2.75, 3.05) is 17.2 Å². The van der Waals surface area contributed by atoms with Crippen LogP contribution in [0.4, 0.5) is 17.1 Å². The molecule has 0 amide bonds. The maximum Gasteiger partial charge on any atom is 0.317 e. The standard InChI is InChI=1S/C15H18N2O2/c1-4-17-10-7-5-6-8-11(10)18-15-13(17)12(16)14(19-15)9(2)3/h5-9H,4,16H2,1-3H3. The molecule has 0 atom stereocenters. The van der Waals surface area contributed by atoms with Gasteiger partial charge in [-0.3, -0.25) is 0 Å². The van der Waals surface area contributed by atoms with Crippen molar-refractivity contribution in [2.45, 2.75) is 26.7 Å². The molecule has 4 heteroatoms. The van der Waals surface area contributed by atoms with E-state index in [-0.39, 0.29) is 5.92 Å². The monoisotopic (exact) mass is 258 g/mol. The zero-order valence-electron chi connectivity index (χ0n) is 11.4. The Morgan fingerprint density at radius 1 is 1.26 bits per heavy atom. The fraction of sp³-hybridized carbons (Fsp3) is 0.333. The summed E-state index contributed by atoms with van der Waals surface area (Å²) in [5, 5.41) is 0. The number of nitrogens with two attached hydrogens (primary N) is 1. The van der Waals surface area contributed by atoms with E-state index in [0.29, 0.717) is 11.6 Å². The Hall–Kier alpha value is -2.10. The van der Waals surface area contributed by atoms with Crippen molar-refractivity contribution in [3.63, 3.8) is 0 Å². The molecule has 0 spiro atoms. The molecule has 4 nitrogen and oxygen atoms in total. The molecule has 19 heavy (non-hydrogen) atoms. The lowest BCUT2D eigenvalue weighted by Gasteiger charge is -2.28. The van der Waals surface area contributed by atoms with Crippen LogP contribution in [0.3, 0.4) is 0 Å². The maximum absolute atomic E-state index is 6.23. The smallest absolute Gasteiger partial charge is 0.317 e. The molecule has 0 unspecified atom stereocenters.